The summed E-state index contributed by atoms with van der Waals surface area (Å²) in [7, 11) is 0. The van der Waals surface area contributed by atoms with Gasteiger partial charge in [-0.15, -0.1) is 0 Å². The normalized spacial score (nSPS) is 9.90. The van der Waals surface area contributed by atoms with Gasteiger partial charge in [-0.25, -0.2) is 4.39 Å². The highest BCUT2D eigenvalue weighted by molar-refractivity contribution is 9.13. The van der Waals surface area contributed by atoms with E-state index in [1.807, 2.05) is 6.07 Å². The van der Waals surface area contributed by atoms with E-state index in [2.05, 4.69) is 31.9 Å². The molecular formula is C7H5Br2F. The van der Waals surface area contributed by atoms with Gasteiger partial charge in [0.05, 0.1) is 0 Å². The van der Waals surface area contributed by atoms with Crippen LogP contribution in [0.4, 0.5) is 4.39 Å². The lowest BCUT2D eigenvalue weighted by Crippen LogP contribution is -1.77. The molecule has 0 aliphatic rings. The Kier molecular flexibility index (Phi) is 2.86. The molecule has 0 atom stereocenters. The van der Waals surface area contributed by atoms with Gasteiger partial charge in [0.1, 0.15) is 6.67 Å². The van der Waals surface area contributed by atoms with Crippen LogP contribution in [-0.4, -0.2) is 0 Å². The van der Waals surface area contributed by atoms with Crippen molar-refractivity contribution in [2.75, 3.05) is 0 Å². The summed E-state index contributed by atoms with van der Waals surface area (Å²) in [5, 5.41) is 0. The maximum Gasteiger partial charge on any atom is 0.115 e. The Hall–Kier alpha value is 0.110. The molecule has 0 fully saturated rings. The lowest BCUT2D eigenvalue weighted by molar-refractivity contribution is 0.485. The van der Waals surface area contributed by atoms with Gasteiger partial charge in [-0.3, -0.25) is 0 Å². The monoisotopic (exact) mass is 266 g/mol. The van der Waals surface area contributed by atoms with Crippen molar-refractivity contribution in [3.05, 3.63) is 32.7 Å². The van der Waals surface area contributed by atoms with Gasteiger partial charge in [-0.2, -0.15) is 0 Å². The van der Waals surface area contributed by atoms with Crippen molar-refractivity contribution in [3.8, 4) is 0 Å². The zero-order chi connectivity index (χ0) is 7.56. The third kappa shape index (κ3) is 1.80. The molecule has 0 bridgehead atoms. The Morgan fingerprint density at radius 3 is 2.40 bits per heavy atom. The van der Waals surface area contributed by atoms with Crippen molar-refractivity contribution in [1.29, 1.82) is 0 Å². The first-order chi connectivity index (χ1) is 4.74. The van der Waals surface area contributed by atoms with Crippen molar-refractivity contribution in [1.82, 2.24) is 0 Å². The standard InChI is InChI=1S/C7H5Br2F/c8-6-2-1-5(4-10)3-7(6)9/h1-3H,4H2. The smallest absolute Gasteiger partial charge is 0.115 e. The van der Waals surface area contributed by atoms with Gasteiger partial charge < -0.3 is 0 Å². The molecule has 10 heavy (non-hydrogen) atoms. The molecule has 1 rings (SSSR count). The summed E-state index contributed by atoms with van der Waals surface area (Å²) in [6, 6.07) is 5.32. The molecule has 54 valence electrons. The molecule has 0 nitrogen and oxygen atoms in total. The van der Waals surface area contributed by atoms with E-state index in [9.17, 15) is 4.39 Å². The minimum atomic E-state index is -0.411. The number of benzene rings is 1. The minimum Gasteiger partial charge on any atom is -0.246 e. The molecule has 0 aromatic heterocycles. The van der Waals surface area contributed by atoms with Gasteiger partial charge in [-0.1, -0.05) is 6.07 Å². The van der Waals surface area contributed by atoms with Crippen molar-refractivity contribution in [2.45, 2.75) is 6.67 Å². The maximum atomic E-state index is 12.0. The highest BCUT2D eigenvalue weighted by Crippen LogP contribution is 2.23. The Morgan fingerprint density at radius 1 is 1.20 bits per heavy atom. The molecule has 0 amide bonds. The average Bonchev–Trinajstić information content (AvgIpc) is 1.95. The highest BCUT2D eigenvalue weighted by atomic mass is 79.9. The van der Waals surface area contributed by atoms with Gasteiger partial charge >= 0.3 is 0 Å². The summed E-state index contributed by atoms with van der Waals surface area (Å²) >= 11 is 6.56. The van der Waals surface area contributed by atoms with E-state index in [4.69, 9.17) is 0 Å². The van der Waals surface area contributed by atoms with Crippen molar-refractivity contribution >= 4 is 31.9 Å². The molecule has 1 aromatic carbocycles. The number of rotatable bonds is 1. The molecule has 1 aromatic rings. The second kappa shape index (κ2) is 3.49. The molecule has 0 saturated heterocycles. The van der Waals surface area contributed by atoms with Gasteiger partial charge in [0.15, 0.2) is 0 Å². The first kappa shape index (κ1) is 8.21. The summed E-state index contributed by atoms with van der Waals surface area (Å²) < 4.78 is 13.8. The fourth-order valence-corrected chi connectivity index (χ4v) is 1.30. The molecule has 0 unspecified atom stereocenters. The SMILES string of the molecule is FCc1ccc(Br)c(Br)c1. The van der Waals surface area contributed by atoms with Crippen LogP contribution in [0.1, 0.15) is 5.56 Å². The van der Waals surface area contributed by atoms with E-state index in [0.29, 0.717) is 5.56 Å². The summed E-state index contributed by atoms with van der Waals surface area (Å²) in [5.74, 6) is 0. The van der Waals surface area contributed by atoms with E-state index < -0.39 is 6.67 Å². The largest absolute Gasteiger partial charge is 0.246 e. The van der Waals surface area contributed by atoms with Crippen molar-refractivity contribution in [3.63, 3.8) is 0 Å². The van der Waals surface area contributed by atoms with Gasteiger partial charge in [-0.05, 0) is 49.6 Å². The third-order valence-corrected chi connectivity index (χ3v) is 3.02. The Bertz CT molecular complexity index is 235. The third-order valence-electron chi connectivity index (χ3n) is 1.14. The molecule has 3 heteroatoms. The zero-order valence-corrected chi connectivity index (χ0v) is 8.25. The minimum absolute atomic E-state index is 0.411. The predicted molar refractivity (Wildman–Crippen MR) is 46.7 cm³/mol. The van der Waals surface area contributed by atoms with E-state index in [-0.39, 0.29) is 0 Å². The molecule has 0 radical (unpaired) electrons. The van der Waals surface area contributed by atoms with Gasteiger partial charge in [0.2, 0.25) is 0 Å². The highest BCUT2D eigenvalue weighted by Gasteiger charge is 1.96. The van der Waals surface area contributed by atoms with E-state index >= 15 is 0 Å². The Labute approximate surface area is 75.7 Å². The molecule has 0 spiro atoms. The zero-order valence-electron chi connectivity index (χ0n) is 5.07. The van der Waals surface area contributed by atoms with Gasteiger partial charge in [0, 0.05) is 8.95 Å². The van der Waals surface area contributed by atoms with Crippen LogP contribution in [-0.2, 0) is 6.67 Å². The molecule has 0 aliphatic heterocycles. The van der Waals surface area contributed by atoms with Crippen LogP contribution in [0.3, 0.4) is 0 Å². The van der Waals surface area contributed by atoms with Crippen molar-refractivity contribution in [2.24, 2.45) is 0 Å². The van der Waals surface area contributed by atoms with E-state index in [1.165, 1.54) is 0 Å². The second-order valence-electron chi connectivity index (χ2n) is 1.88. The number of alkyl halides is 1. The quantitative estimate of drug-likeness (QED) is 0.728. The van der Waals surface area contributed by atoms with E-state index in [0.717, 1.165) is 8.95 Å². The first-order valence-electron chi connectivity index (χ1n) is 2.74. The summed E-state index contributed by atoms with van der Waals surface area (Å²) in [6.07, 6.45) is 0. The van der Waals surface area contributed by atoms with Crippen LogP contribution in [0.25, 0.3) is 0 Å². The van der Waals surface area contributed by atoms with Crippen LogP contribution < -0.4 is 0 Å². The second-order valence-corrected chi connectivity index (χ2v) is 3.59. The first-order valence-corrected chi connectivity index (χ1v) is 4.32. The number of halogens is 3. The topological polar surface area (TPSA) is 0 Å². The lowest BCUT2D eigenvalue weighted by atomic mass is 10.2. The summed E-state index contributed by atoms with van der Waals surface area (Å²) in [4.78, 5) is 0. The molecule has 0 heterocycles. The van der Waals surface area contributed by atoms with Gasteiger partial charge in [0.25, 0.3) is 0 Å². The molecule has 0 saturated carbocycles. The van der Waals surface area contributed by atoms with Crippen LogP contribution >= 0.6 is 31.9 Å². The van der Waals surface area contributed by atoms with Crippen LogP contribution in [0.2, 0.25) is 0 Å². The predicted octanol–water partition coefficient (Wildman–Crippen LogP) is 3.68. The van der Waals surface area contributed by atoms with Crippen LogP contribution in [0.5, 0.6) is 0 Å². The number of hydrogen-bond acceptors (Lipinski definition) is 0. The Morgan fingerprint density at radius 2 is 1.90 bits per heavy atom. The van der Waals surface area contributed by atoms with Crippen molar-refractivity contribution < 1.29 is 4.39 Å². The summed E-state index contributed by atoms with van der Waals surface area (Å²) in [6.45, 7) is -0.411. The summed E-state index contributed by atoms with van der Waals surface area (Å²) in [5.41, 5.74) is 0.690. The lowest BCUT2D eigenvalue weighted by Gasteiger charge is -1.96. The average molecular weight is 268 g/mol. The Balaban J connectivity index is 3.04. The molecular weight excluding hydrogens is 263 g/mol. The maximum absolute atomic E-state index is 12.0. The molecule has 0 N–H and O–H groups in total. The molecule has 0 aliphatic carbocycles. The fraction of sp³-hybridized carbons (Fsp3) is 0.143. The van der Waals surface area contributed by atoms with E-state index in [1.54, 1.807) is 12.1 Å². The fourth-order valence-electron chi connectivity index (χ4n) is 0.623. The van der Waals surface area contributed by atoms with Crippen LogP contribution in [0.15, 0.2) is 27.1 Å². The van der Waals surface area contributed by atoms with Crippen LogP contribution in [0, 0.1) is 0 Å². The number of hydrogen-bond donors (Lipinski definition) is 0.